The molecular weight excluding hydrogens is 224 g/mol. The zero-order chi connectivity index (χ0) is 12.7. The maximum Gasteiger partial charge on any atom is 0.226 e. The van der Waals surface area contributed by atoms with E-state index in [2.05, 4.69) is 11.8 Å². The number of nitrogens with zero attached hydrogens (tertiary/aromatic N) is 1. The van der Waals surface area contributed by atoms with E-state index in [0.717, 1.165) is 37.8 Å². The molecule has 2 N–H and O–H groups in total. The van der Waals surface area contributed by atoms with Crippen molar-refractivity contribution in [2.75, 3.05) is 13.1 Å². The van der Waals surface area contributed by atoms with Crippen molar-refractivity contribution in [1.29, 1.82) is 0 Å². The minimum atomic E-state index is 0.283. The second kappa shape index (κ2) is 4.84. The van der Waals surface area contributed by atoms with Gasteiger partial charge in [0.05, 0.1) is 0 Å². The van der Waals surface area contributed by atoms with Crippen LogP contribution in [0.1, 0.15) is 45.4 Å². The molecule has 3 unspecified atom stereocenters. The largest absolute Gasteiger partial charge is 0.342 e. The monoisotopic (exact) mass is 250 g/mol. The van der Waals surface area contributed by atoms with Crippen LogP contribution in [0.3, 0.4) is 0 Å². The standard InChI is InChI=1S/C15H26N2O/c1-10(16)11-6-8-17(9-7-11)15(18)14-12-4-2-3-5-13(12)14/h10-14H,2-9,16H2,1H3. The SMILES string of the molecule is CC(N)C1CCN(C(=O)C2C3CCCCC32)CC1. The molecule has 3 aliphatic rings. The fourth-order valence-electron chi connectivity index (χ4n) is 4.22. The summed E-state index contributed by atoms with van der Waals surface area (Å²) in [5.41, 5.74) is 5.95. The first kappa shape index (κ1) is 12.5. The zero-order valence-corrected chi connectivity index (χ0v) is 11.5. The van der Waals surface area contributed by atoms with E-state index in [4.69, 9.17) is 5.73 Å². The van der Waals surface area contributed by atoms with Gasteiger partial charge in [-0.15, -0.1) is 0 Å². The molecule has 102 valence electrons. The third-order valence-corrected chi connectivity index (χ3v) is 5.54. The number of amides is 1. The Hall–Kier alpha value is -0.570. The highest BCUT2D eigenvalue weighted by molar-refractivity contribution is 5.82. The third kappa shape index (κ3) is 2.18. The second-order valence-electron chi connectivity index (χ2n) is 6.66. The van der Waals surface area contributed by atoms with Crippen molar-refractivity contribution in [2.24, 2.45) is 29.4 Å². The van der Waals surface area contributed by atoms with Crippen LogP contribution >= 0.6 is 0 Å². The van der Waals surface area contributed by atoms with Gasteiger partial charge in [0.25, 0.3) is 0 Å². The van der Waals surface area contributed by atoms with Gasteiger partial charge in [-0.25, -0.2) is 0 Å². The lowest BCUT2D eigenvalue weighted by Crippen LogP contribution is -2.43. The maximum atomic E-state index is 12.5. The molecule has 1 saturated heterocycles. The van der Waals surface area contributed by atoms with Crippen molar-refractivity contribution in [2.45, 2.75) is 51.5 Å². The van der Waals surface area contributed by atoms with E-state index in [1.807, 2.05) is 0 Å². The summed E-state index contributed by atoms with van der Waals surface area (Å²) < 4.78 is 0. The van der Waals surface area contributed by atoms with Gasteiger partial charge in [-0.2, -0.15) is 0 Å². The number of rotatable bonds is 2. The Morgan fingerprint density at radius 1 is 1.11 bits per heavy atom. The summed E-state index contributed by atoms with van der Waals surface area (Å²) in [5, 5.41) is 0. The molecule has 0 aromatic heterocycles. The van der Waals surface area contributed by atoms with E-state index in [0.29, 0.717) is 17.7 Å². The molecule has 1 amide bonds. The van der Waals surface area contributed by atoms with Gasteiger partial charge in [-0.1, -0.05) is 12.8 Å². The first-order valence-corrected chi connectivity index (χ1v) is 7.73. The Bertz CT molecular complexity index is 308. The summed E-state index contributed by atoms with van der Waals surface area (Å²) in [6.45, 7) is 3.99. The zero-order valence-electron chi connectivity index (χ0n) is 11.5. The molecule has 0 aromatic rings. The molecule has 0 bridgehead atoms. The fourth-order valence-corrected chi connectivity index (χ4v) is 4.22. The van der Waals surface area contributed by atoms with Crippen molar-refractivity contribution >= 4 is 5.91 Å². The first-order chi connectivity index (χ1) is 8.68. The summed E-state index contributed by atoms with van der Waals surface area (Å²) >= 11 is 0. The van der Waals surface area contributed by atoms with E-state index in [-0.39, 0.29) is 6.04 Å². The molecule has 2 aliphatic carbocycles. The van der Waals surface area contributed by atoms with Gasteiger partial charge in [-0.3, -0.25) is 4.79 Å². The predicted molar refractivity (Wildman–Crippen MR) is 71.9 cm³/mol. The van der Waals surface area contributed by atoms with Gasteiger partial charge in [0, 0.05) is 25.0 Å². The van der Waals surface area contributed by atoms with Crippen molar-refractivity contribution in [1.82, 2.24) is 4.90 Å². The number of carbonyl (C=O) groups excluding carboxylic acids is 1. The Balaban J connectivity index is 1.52. The number of likely N-dealkylation sites (tertiary alicyclic amines) is 1. The number of hydrogen-bond acceptors (Lipinski definition) is 2. The average molecular weight is 250 g/mol. The van der Waals surface area contributed by atoms with Gasteiger partial charge < -0.3 is 10.6 Å². The molecule has 3 heteroatoms. The summed E-state index contributed by atoms with van der Waals surface area (Å²) in [7, 11) is 0. The lowest BCUT2D eigenvalue weighted by atomic mass is 9.91. The highest BCUT2D eigenvalue weighted by Crippen LogP contribution is 2.56. The molecule has 18 heavy (non-hydrogen) atoms. The Labute approximate surface area is 110 Å². The van der Waals surface area contributed by atoms with Crippen molar-refractivity contribution in [3.05, 3.63) is 0 Å². The number of fused-ring (bicyclic) bond motifs is 1. The Morgan fingerprint density at radius 3 is 2.17 bits per heavy atom. The van der Waals surface area contributed by atoms with Crippen LogP contribution in [-0.2, 0) is 4.79 Å². The number of hydrogen-bond donors (Lipinski definition) is 1. The molecule has 0 aromatic carbocycles. The Morgan fingerprint density at radius 2 is 1.67 bits per heavy atom. The molecule has 2 saturated carbocycles. The molecular formula is C15H26N2O. The van der Waals surface area contributed by atoms with Gasteiger partial charge >= 0.3 is 0 Å². The Kier molecular flexibility index (Phi) is 3.35. The molecule has 0 spiro atoms. The van der Waals surface area contributed by atoms with Crippen LogP contribution in [0.2, 0.25) is 0 Å². The van der Waals surface area contributed by atoms with Crippen LogP contribution in [0, 0.1) is 23.7 Å². The maximum absolute atomic E-state index is 12.5. The molecule has 3 rings (SSSR count). The van der Waals surface area contributed by atoms with Crippen LogP contribution in [0.25, 0.3) is 0 Å². The van der Waals surface area contributed by atoms with Crippen LogP contribution in [0.5, 0.6) is 0 Å². The van der Waals surface area contributed by atoms with E-state index in [9.17, 15) is 4.79 Å². The quantitative estimate of drug-likeness (QED) is 0.815. The lowest BCUT2D eigenvalue weighted by molar-refractivity contribution is -0.134. The van der Waals surface area contributed by atoms with Gasteiger partial charge in [-0.05, 0) is 50.4 Å². The van der Waals surface area contributed by atoms with E-state index >= 15 is 0 Å². The van der Waals surface area contributed by atoms with Crippen LogP contribution < -0.4 is 5.73 Å². The van der Waals surface area contributed by atoms with Gasteiger partial charge in [0.15, 0.2) is 0 Å². The van der Waals surface area contributed by atoms with Gasteiger partial charge in [0.2, 0.25) is 5.91 Å². The van der Waals surface area contributed by atoms with Gasteiger partial charge in [0.1, 0.15) is 0 Å². The first-order valence-electron chi connectivity index (χ1n) is 7.73. The highest BCUT2D eigenvalue weighted by atomic mass is 16.2. The minimum Gasteiger partial charge on any atom is -0.342 e. The third-order valence-electron chi connectivity index (χ3n) is 5.54. The minimum absolute atomic E-state index is 0.283. The molecule has 0 radical (unpaired) electrons. The van der Waals surface area contributed by atoms with Crippen molar-refractivity contribution < 1.29 is 4.79 Å². The van der Waals surface area contributed by atoms with Crippen molar-refractivity contribution in [3.63, 3.8) is 0 Å². The predicted octanol–water partition coefficient (Wildman–Crippen LogP) is 2.01. The van der Waals surface area contributed by atoms with E-state index in [1.165, 1.54) is 25.7 Å². The fraction of sp³-hybridized carbons (Fsp3) is 0.933. The lowest BCUT2D eigenvalue weighted by Gasteiger charge is -2.34. The van der Waals surface area contributed by atoms with E-state index in [1.54, 1.807) is 0 Å². The second-order valence-corrected chi connectivity index (χ2v) is 6.66. The molecule has 3 fully saturated rings. The molecule has 3 nitrogen and oxygen atoms in total. The summed E-state index contributed by atoms with van der Waals surface area (Å²) in [4.78, 5) is 14.6. The normalized spacial score (nSPS) is 38.1. The smallest absolute Gasteiger partial charge is 0.226 e. The summed E-state index contributed by atoms with van der Waals surface area (Å²) in [6, 6.07) is 0.283. The van der Waals surface area contributed by atoms with E-state index < -0.39 is 0 Å². The van der Waals surface area contributed by atoms with Crippen LogP contribution in [-0.4, -0.2) is 29.9 Å². The highest BCUT2D eigenvalue weighted by Gasteiger charge is 2.55. The summed E-state index contributed by atoms with van der Waals surface area (Å²) in [5.74, 6) is 2.99. The summed E-state index contributed by atoms with van der Waals surface area (Å²) in [6.07, 6.45) is 7.50. The molecule has 1 heterocycles. The number of carbonyl (C=O) groups is 1. The number of piperidine rings is 1. The topological polar surface area (TPSA) is 46.3 Å². The average Bonchev–Trinajstić information content (AvgIpc) is 3.12. The number of nitrogens with two attached hydrogens (primary N) is 1. The van der Waals surface area contributed by atoms with Crippen LogP contribution in [0.4, 0.5) is 0 Å². The van der Waals surface area contributed by atoms with Crippen LogP contribution in [0.15, 0.2) is 0 Å². The molecule has 3 atom stereocenters. The van der Waals surface area contributed by atoms with Crippen molar-refractivity contribution in [3.8, 4) is 0 Å². The molecule has 1 aliphatic heterocycles.